The van der Waals surface area contributed by atoms with Crippen molar-refractivity contribution in [2.75, 3.05) is 13.4 Å². The van der Waals surface area contributed by atoms with E-state index in [9.17, 15) is 12.8 Å². The van der Waals surface area contributed by atoms with E-state index in [4.69, 9.17) is 4.74 Å². The SMILES string of the molecule is COc1cncc(-c2cc3c(-c4cc5c(-c6cc(F)cc(CNS(C)(=O)=O)c6)cncc5[nH]4)n[nH]c3cn2)c1. The first kappa shape index (κ1) is 24.6. The van der Waals surface area contributed by atoms with Crippen LogP contribution in [0, 0.1) is 5.82 Å². The number of aromatic amines is 2. The van der Waals surface area contributed by atoms with Crippen LogP contribution in [-0.4, -0.2) is 51.9 Å². The summed E-state index contributed by atoms with van der Waals surface area (Å²) in [7, 11) is -1.84. The standard InChI is InChI=1S/C27H22FN7O3S/c1-38-19-6-17(10-29-11-19)23-8-21-26(14-31-23)34-35-27(21)24-7-20-22(12-30-13-25(20)33-24)16-3-15(4-18(28)5-16)9-32-39(2,36)37/h3-8,10-14,32-33H,9H2,1-2H3,(H,34,35). The zero-order valence-corrected chi connectivity index (χ0v) is 21.7. The predicted octanol–water partition coefficient (Wildman–Crippen LogP) is 4.43. The number of benzene rings is 1. The molecular formula is C27H22FN7O3S. The Bertz CT molecular complexity index is 1970. The number of ether oxygens (including phenoxy) is 1. The molecular weight excluding hydrogens is 521 g/mol. The summed E-state index contributed by atoms with van der Waals surface area (Å²) < 4.78 is 45.3. The van der Waals surface area contributed by atoms with Gasteiger partial charge >= 0.3 is 0 Å². The Balaban J connectivity index is 1.42. The van der Waals surface area contributed by atoms with Gasteiger partial charge < -0.3 is 9.72 Å². The van der Waals surface area contributed by atoms with Crippen LogP contribution in [0.15, 0.2) is 67.4 Å². The van der Waals surface area contributed by atoms with Gasteiger partial charge in [0.2, 0.25) is 10.0 Å². The van der Waals surface area contributed by atoms with Gasteiger partial charge in [0, 0.05) is 40.8 Å². The summed E-state index contributed by atoms with van der Waals surface area (Å²) in [4.78, 5) is 16.5. The molecule has 10 nitrogen and oxygen atoms in total. The van der Waals surface area contributed by atoms with E-state index in [1.165, 1.54) is 12.1 Å². The third kappa shape index (κ3) is 4.94. The van der Waals surface area contributed by atoms with Crippen LogP contribution in [0.3, 0.4) is 0 Å². The molecule has 5 aromatic heterocycles. The lowest BCUT2D eigenvalue weighted by atomic mass is 10.0. The summed E-state index contributed by atoms with van der Waals surface area (Å²) in [6.45, 7) is -0.0240. The van der Waals surface area contributed by atoms with Gasteiger partial charge in [-0.25, -0.2) is 17.5 Å². The molecule has 0 unspecified atom stereocenters. The average molecular weight is 544 g/mol. The second-order valence-corrected chi connectivity index (χ2v) is 10.9. The van der Waals surface area contributed by atoms with Crippen LogP contribution in [0.25, 0.3) is 55.6 Å². The first-order chi connectivity index (χ1) is 18.8. The third-order valence-corrected chi connectivity index (χ3v) is 6.97. The predicted molar refractivity (Wildman–Crippen MR) is 146 cm³/mol. The number of fused-ring (bicyclic) bond motifs is 2. The van der Waals surface area contributed by atoms with Crippen molar-refractivity contribution in [2.45, 2.75) is 6.54 Å². The Labute approximate surface area is 222 Å². The minimum atomic E-state index is -3.43. The minimum absolute atomic E-state index is 0.0240. The van der Waals surface area contributed by atoms with E-state index in [-0.39, 0.29) is 6.54 Å². The number of hydrogen-bond donors (Lipinski definition) is 3. The second-order valence-electron chi connectivity index (χ2n) is 9.07. The van der Waals surface area contributed by atoms with Crippen molar-refractivity contribution >= 4 is 31.8 Å². The van der Waals surface area contributed by atoms with Gasteiger partial charge in [0.25, 0.3) is 0 Å². The first-order valence-corrected chi connectivity index (χ1v) is 13.7. The lowest BCUT2D eigenvalue weighted by molar-refractivity contribution is 0.413. The van der Waals surface area contributed by atoms with Crippen LogP contribution in [0.4, 0.5) is 4.39 Å². The van der Waals surface area contributed by atoms with Gasteiger partial charge in [0.1, 0.15) is 17.3 Å². The molecule has 5 heterocycles. The van der Waals surface area contributed by atoms with E-state index < -0.39 is 15.8 Å². The van der Waals surface area contributed by atoms with E-state index >= 15 is 0 Å². The normalized spacial score (nSPS) is 11.9. The van der Waals surface area contributed by atoms with Crippen molar-refractivity contribution in [2.24, 2.45) is 0 Å². The van der Waals surface area contributed by atoms with Crippen LogP contribution in [0.2, 0.25) is 0 Å². The fraction of sp³-hybridized carbons (Fsp3) is 0.111. The minimum Gasteiger partial charge on any atom is -0.495 e. The van der Waals surface area contributed by atoms with Crippen molar-refractivity contribution in [3.63, 3.8) is 0 Å². The molecule has 3 N–H and O–H groups in total. The van der Waals surface area contributed by atoms with Crippen LogP contribution in [0.1, 0.15) is 5.56 Å². The number of hydrogen-bond acceptors (Lipinski definition) is 7. The van der Waals surface area contributed by atoms with Gasteiger partial charge in [-0.1, -0.05) is 0 Å². The summed E-state index contributed by atoms with van der Waals surface area (Å²) in [5.74, 6) is 0.154. The summed E-state index contributed by atoms with van der Waals surface area (Å²) in [6, 6.07) is 10.2. The maximum Gasteiger partial charge on any atom is 0.209 e. The van der Waals surface area contributed by atoms with E-state index in [0.29, 0.717) is 33.8 Å². The number of sulfonamides is 1. The summed E-state index contributed by atoms with van der Waals surface area (Å²) in [5.41, 5.74) is 6.20. The fourth-order valence-corrected chi connectivity index (χ4v) is 4.91. The van der Waals surface area contributed by atoms with Crippen molar-refractivity contribution in [3.8, 4) is 39.5 Å². The summed E-state index contributed by atoms with van der Waals surface area (Å²) in [5, 5.41) is 9.22. The summed E-state index contributed by atoms with van der Waals surface area (Å²) in [6.07, 6.45) is 9.47. The van der Waals surface area contributed by atoms with Crippen LogP contribution >= 0.6 is 0 Å². The molecule has 0 aliphatic carbocycles. The van der Waals surface area contributed by atoms with E-state index in [1.807, 2.05) is 18.2 Å². The number of methoxy groups -OCH3 is 1. The number of nitrogens with zero attached hydrogens (tertiary/aromatic N) is 4. The molecule has 0 atom stereocenters. The molecule has 0 saturated carbocycles. The molecule has 0 saturated heterocycles. The molecule has 0 spiro atoms. The molecule has 0 amide bonds. The highest BCUT2D eigenvalue weighted by molar-refractivity contribution is 7.88. The number of nitrogens with one attached hydrogen (secondary N) is 3. The van der Waals surface area contributed by atoms with Gasteiger partial charge in [-0.2, -0.15) is 5.10 Å². The molecule has 1 aromatic carbocycles. The maximum atomic E-state index is 14.5. The molecule has 39 heavy (non-hydrogen) atoms. The first-order valence-electron chi connectivity index (χ1n) is 11.8. The quantitative estimate of drug-likeness (QED) is 0.271. The molecule has 0 aliphatic heterocycles. The lowest BCUT2D eigenvalue weighted by Gasteiger charge is -2.08. The molecule has 6 rings (SSSR count). The molecule has 0 bridgehead atoms. The van der Waals surface area contributed by atoms with Gasteiger partial charge in [-0.3, -0.25) is 20.1 Å². The molecule has 0 aliphatic rings. The number of rotatable bonds is 7. The van der Waals surface area contributed by atoms with Crippen molar-refractivity contribution in [3.05, 3.63) is 78.8 Å². The number of halogens is 1. The van der Waals surface area contributed by atoms with E-state index in [2.05, 4.69) is 34.9 Å². The Kier molecular flexibility index (Phi) is 6.04. The Morgan fingerprint density at radius 1 is 0.923 bits per heavy atom. The van der Waals surface area contributed by atoms with Crippen LogP contribution in [-0.2, 0) is 16.6 Å². The van der Waals surface area contributed by atoms with Crippen LogP contribution in [0.5, 0.6) is 5.75 Å². The maximum absolute atomic E-state index is 14.5. The highest BCUT2D eigenvalue weighted by Gasteiger charge is 2.16. The van der Waals surface area contributed by atoms with Crippen molar-refractivity contribution < 1.29 is 17.5 Å². The zero-order chi connectivity index (χ0) is 27.1. The Morgan fingerprint density at radius 3 is 2.59 bits per heavy atom. The van der Waals surface area contributed by atoms with Crippen molar-refractivity contribution in [1.29, 1.82) is 0 Å². The number of pyridine rings is 3. The topological polar surface area (TPSA) is 139 Å². The fourth-order valence-electron chi connectivity index (χ4n) is 4.48. The second kappa shape index (κ2) is 9.57. The summed E-state index contributed by atoms with van der Waals surface area (Å²) >= 11 is 0. The highest BCUT2D eigenvalue weighted by Crippen LogP contribution is 2.35. The molecule has 0 radical (unpaired) electrons. The molecule has 6 aromatic rings. The Morgan fingerprint density at radius 2 is 1.77 bits per heavy atom. The largest absolute Gasteiger partial charge is 0.495 e. The van der Waals surface area contributed by atoms with E-state index in [1.54, 1.807) is 44.2 Å². The third-order valence-electron chi connectivity index (χ3n) is 6.30. The monoisotopic (exact) mass is 543 g/mol. The molecule has 196 valence electrons. The number of H-pyrrole nitrogens is 2. The van der Waals surface area contributed by atoms with E-state index in [0.717, 1.165) is 39.3 Å². The number of aromatic nitrogens is 6. The lowest BCUT2D eigenvalue weighted by Crippen LogP contribution is -2.21. The smallest absolute Gasteiger partial charge is 0.209 e. The molecule has 0 fully saturated rings. The van der Waals surface area contributed by atoms with Crippen LogP contribution < -0.4 is 9.46 Å². The van der Waals surface area contributed by atoms with Gasteiger partial charge in [0.05, 0.1) is 54.4 Å². The van der Waals surface area contributed by atoms with Gasteiger partial charge in [0.15, 0.2) is 0 Å². The van der Waals surface area contributed by atoms with Crippen molar-refractivity contribution in [1.82, 2.24) is 34.9 Å². The average Bonchev–Trinajstić information content (AvgIpc) is 3.55. The van der Waals surface area contributed by atoms with Gasteiger partial charge in [-0.15, -0.1) is 0 Å². The van der Waals surface area contributed by atoms with Gasteiger partial charge in [-0.05, 0) is 47.5 Å². The molecule has 12 heteroatoms. The highest BCUT2D eigenvalue weighted by atomic mass is 32.2. The Hall–Kier alpha value is -4.68. The zero-order valence-electron chi connectivity index (χ0n) is 20.9.